The first-order valence-corrected chi connectivity index (χ1v) is 10.7. The van der Waals surface area contributed by atoms with Crippen molar-refractivity contribution in [2.24, 2.45) is 0 Å². The summed E-state index contributed by atoms with van der Waals surface area (Å²) in [4.78, 5) is 20.3. The molecular formula is C26H22N4O3. The summed E-state index contributed by atoms with van der Waals surface area (Å²) in [5.74, 6) is 3.55. The molecule has 1 amide bonds. The van der Waals surface area contributed by atoms with E-state index in [2.05, 4.69) is 44.7 Å². The van der Waals surface area contributed by atoms with Gasteiger partial charge in [0.2, 0.25) is 0 Å². The molecule has 1 aromatic heterocycles. The maximum atomic E-state index is 11.4. The number of anilines is 2. The van der Waals surface area contributed by atoms with Crippen LogP contribution in [0.1, 0.15) is 12.8 Å². The van der Waals surface area contributed by atoms with Crippen LogP contribution in [-0.2, 0) is 4.79 Å². The molecule has 1 heterocycles. The van der Waals surface area contributed by atoms with Gasteiger partial charge in [0.05, 0.1) is 12.6 Å². The van der Waals surface area contributed by atoms with Gasteiger partial charge in [0.15, 0.2) is 11.5 Å². The molecule has 1 aliphatic rings. The number of rotatable bonds is 6. The molecule has 1 aliphatic carbocycles. The lowest BCUT2D eigenvalue weighted by Gasteiger charge is -2.35. The number of fused-ring (bicyclic) bond motifs is 2. The Balaban J connectivity index is 1.44. The van der Waals surface area contributed by atoms with E-state index in [0.717, 1.165) is 27.4 Å². The van der Waals surface area contributed by atoms with Crippen LogP contribution in [0, 0.1) is 12.3 Å². The predicted octanol–water partition coefficient (Wildman–Crippen LogP) is 4.19. The Labute approximate surface area is 191 Å². The van der Waals surface area contributed by atoms with E-state index in [9.17, 15) is 4.79 Å². The van der Waals surface area contributed by atoms with Crippen molar-refractivity contribution in [1.82, 2.24) is 15.3 Å². The summed E-state index contributed by atoms with van der Waals surface area (Å²) >= 11 is 0. The minimum Gasteiger partial charge on any atom is -0.493 e. The number of hydrogen-bond acceptors (Lipinski definition) is 6. The number of carbonyl (C=O) groups excluding carboxylic acids is 1. The predicted molar refractivity (Wildman–Crippen MR) is 128 cm³/mol. The fourth-order valence-electron chi connectivity index (χ4n) is 4.06. The van der Waals surface area contributed by atoms with E-state index in [-0.39, 0.29) is 12.1 Å². The SMILES string of the molecule is C#CC(=O)NC1CC(Oc2cc3c(Nc4cccc5ccccc45)ncnc3cc2OC)C1. The molecular weight excluding hydrogens is 416 g/mol. The van der Waals surface area contributed by atoms with Crippen molar-refractivity contribution < 1.29 is 14.3 Å². The van der Waals surface area contributed by atoms with E-state index >= 15 is 0 Å². The summed E-state index contributed by atoms with van der Waals surface area (Å²) in [6, 6.07) is 18.1. The molecule has 7 heteroatoms. The molecule has 3 aromatic carbocycles. The third-order valence-corrected chi connectivity index (χ3v) is 5.82. The average Bonchev–Trinajstić information content (AvgIpc) is 2.82. The number of ether oxygens (including phenoxy) is 2. The lowest BCUT2D eigenvalue weighted by molar-refractivity contribution is -0.117. The topological polar surface area (TPSA) is 85.4 Å². The molecule has 0 aliphatic heterocycles. The molecule has 0 unspecified atom stereocenters. The van der Waals surface area contributed by atoms with Gasteiger partial charge in [-0.15, -0.1) is 6.42 Å². The average molecular weight is 438 g/mol. The molecule has 1 fully saturated rings. The first kappa shape index (κ1) is 20.6. The van der Waals surface area contributed by atoms with Gasteiger partial charge < -0.3 is 20.1 Å². The molecule has 0 bridgehead atoms. The molecule has 1 saturated carbocycles. The number of aromatic nitrogens is 2. The largest absolute Gasteiger partial charge is 0.493 e. The van der Waals surface area contributed by atoms with Crippen LogP contribution in [0.5, 0.6) is 11.5 Å². The van der Waals surface area contributed by atoms with Crippen LogP contribution in [0.3, 0.4) is 0 Å². The van der Waals surface area contributed by atoms with Crippen molar-refractivity contribution in [3.05, 3.63) is 60.9 Å². The van der Waals surface area contributed by atoms with Crippen LogP contribution < -0.4 is 20.1 Å². The van der Waals surface area contributed by atoms with E-state index in [4.69, 9.17) is 15.9 Å². The van der Waals surface area contributed by atoms with Crippen molar-refractivity contribution in [2.75, 3.05) is 12.4 Å². The minimum atomic E-state index is -0.400. The first-order valence-electron chi connectivity index (χ1n) is 10.7. The van der Waals surface area contributed by atoms with E-state index in [1.54, 1.807) is 7.11 Å². The molecule has 4 aromatic rings. The number of nitrogens with one attached hydrogen (secondary N) is 2. The van der Waals surface area contributed by atoms with Gasteiger partial charge in [0.1, 0.15) is 18.2 Å². The zero-order valence-corrected chi connectivity index (χ0v) is 18.0. The molecule has 5 rings (SSSR count). The molecule has 33 heavy (non-hydrogen) atoms. The van der Waals surface area contributed by atoms with Crippen molar-refractivity contribution >= 4 is 39.1 Å². The van der Waals surface area contributed by atoms with Gasteiger partial charge in [-0.25, -0.2) is 9.97 Å². The van der Waals surface area contributed by atoms with Gasteiger partial charge in [-0.05, 0) is 23.4 Å². The fourth-order valence-corrected chi connectivity index (χ4v) is 4.06. The Morgan fingerprint density at radius 2 is 1.88 bits per heavy atom. The van der Waals surface area contributed by atoms with Gasteiger partial charge >= 0.3 is 0 Å². The van der Waals surface area contributed by atoms with Crippen molar-refractivity contribution in [2.45, 2.75) is 25.0 Å². The maximum Gasteiger partial charge on any atom is 0.295 e. The van der Waals surface area contributed by atoms with Crippen LogP contribution in [0.15, 0.2) is 60.9 Å². The zero-order chi connectivity index (χ0) is 22.8. The summed E-state index contributed by atoms with van der Waals surface area (Å²) in [7, 11) is 1.60. The molecule has 2 N–H and O–H groups in total. The second kappa shape index (κ2) is 8.67. The van der Waals surface area contributed by atoms with Crippen LogP contribution in [0.2, 0.25) is 0 Å². The van der Waals surface area contributed by atoms with Crippen molar-refractivity contribution in [1.29, 1.82) is 0 Å². The Hall–Kier alpha value is -4.31. The van der Waals surface area contributed by atoms with Crippen molar-refractivity contribution in [3.8, 4) is 23.8 Å². The maximum absolute atomic E-state index is 11.4. The number of benzene rings is 3. The van der Waals surface area contributed by atoms with Crippen LogP contribution in [-0.4, -0.2) is 35.1 Å². The third kappa shape index (κ3) is 4.11. The number of terminal acetylenes is 1. The molecule has 0 saturated heterocycles. The Morgan fingerprint density at radius 3 is 2.70 bits per heavy atom. The first-order chi connectivity index (χ1) is 16.1. The Morgan fingerprint density at radius 1 is 1.06 bits per heavy atom. The normalized spacial score (nSPS) is 17.1. The highest BCUT2D eigenvalue weighted by Gasteiger charge is 2.32. The minimum absolute atomic E-state index is 0.0249. The van der Waals surface area contributed by atoms with E-state index < -0.39 is 5.91 Å². The Bertz CT molecular complexity index is 1380. The second-order valence-corrected chi connectivity index (χ2v) is 7.92. The molecule has 0 atom stereocenters. The monoisotopic (exact) mass is 438 g/mol. The van der Waals surface area contributed by atoms with Gasteiger partial charge in [-0.1, -0.05) is 36.4 Å². The van der Waals surface area contributed by atoms with Gasteiger partial charge in [-0.2, -0.15) is 0 Å². The molecule has 0 spiro atoms. The summed E-state index contributed by atoms with van der Waals surface area (Å²) in [5, 5.41) is 9.29. The number of hydrogen-bond donors (Lipinski definition) is 2. The standard InChI is InChI=1S/C26H22N4O3/c1-3-25(31)29-17-11-18(12-17)33-24-13-20-22(14-23(24)32-2)27-15-28-26(20)30-21-10-6-8-16-7-4-5-9-19(16)21/h1,4-10,13-15,17-18H,11-12H2,2H3,(H,29,31)(H,27,28,30). The Kier molecular flexibility index (Phi) is 5.41. The van der Waals surface area contributed by atoms with Gasteiger partial charge in [-0.3, -0.25) is 4.79 Å². The van der Waals surface area contributed by atoms with Gasteiger partial charge in [0, 0.05) is 41.4 Å². The molecule has 7 nitrogen and oxygen atoms in total. The number of amides is 1. The lowest BCUT2D eigenvalue weighted by Crippen LogP contribution is -2.48. The number of carbonyl (C=O) groups is 1. The third-order valence-electron chi connectivity index (χ3n) is 5.82. The molecule has 164 valence electrons. The van der Waals surface area contributed by atoms with Crippen LogP contribution >= 0.6 is 0 Å². The summed E-state index contributed by atoms with van der Waals surface area (Å²) in [6.07, 6.45) is 7.97. The van der Waals surface area contributed by atoms with Crippen molar-refractivity contribution in [3.63, 3.8) is 0 Å². The highest BCUT2D eigenvalue weighted by atomic mass is 16.5. The quantitative estimate of drug-likeness (QED) is 0.439. The van der Waals surface area contributed by atoms with Gasteiger partial charge in [0.25, 0.3) is 5.91 Å². The number of nitrogens with zero attached hydrogens (tertiary/aromatic N) is 2. The van der Waals surface area contributed by atoms with E-state index in [1.807, 2.05) is 36.4 Å². The van der Waals surface area contributed by atoms with Crippen LogP contribution in [0.4, 0.5) is 11.5 Å². The highest BCUT2D eigenvalue weighted by molar-refractivity contribution is 5.99. The summed E-state index contributed by atoms with van der Waals surface area (Å²) in [5.41, 5.74) is 1.70. The van der Waals surface area contributed by atoms with Crippen LogP contribution in [0.25, 0.3) is 21.7 Å². The zero-order valence-electron chi connectivity index (χ0n) is 18.0. The number of methoxy groups -OCH3 is 1. The summed E-state index contributed by atoms with van der Waals surface area (Å²) in [6.45, 7) is 0. The molecule has 0 radical (unpaired) electrons. The highest BCUT2D eigenvalue weighted by Crippen LogP contribution is 2.38. The summed E-state index contributed by atoms with van der Waals surface area (Å²) < 4.78 is 11.7. The smallest absolute Gasteiger partial charge is 0.295 e. The van der Waals surface area contributed by atoms with E-state index in [1.165, 1.54) is 6.33 Å². The van der Waals surface area contributed by atoms with E-state index in [0.29, 0.717) is 30.2 Å². The second-order valence-electron chi connectivity index (χ2n) is 7.92. The lowest BCUT2D eigenvalue weighted by atomic mass is 9.89. The fraction of sp³-hybridized carbons (Fsp3) is 0.192.